The van der Waals surface area contributed by atoms with Crippen LogP contribution < -0.4 is 10.2 Å². The Bertz CT molecular complexity index is 1100. The molecule has 2 atom stereocenters. The van der Waals surface area contributed by atoms with Crippen LogP contribution in [0.4, 0.5) is 19.0 Å². The molecule has 0 saturated carbocycles. The fourth-order valence-electron chi connectivity index (χ4n) is 3.96. The number of rotatable bonds is 2. The lowest BCUT2D eigenvalue weighted by atomic mass is 9.88. The van der Waals surface area contributed by atoms with Crippen molar-refractivity contribution in [2.75, 3.05) is 24.5 Å². The third-order valence-corrected chi connectivity index (χ3v) is 5.51. The second-order valence-electron chi connectivity index (χ2n) is 7.23. The highest BCUT2D eigenvalue weighted by molar-refractivity contribution is 5.82. The van der Waals surface area contributed by atoms with Crippen molar-refractivity contribution in [2.45, 2.75) is 12.6 Å². The SMILES string of the molecule is O=C1NC[C@@H]2CCN(c3ccnc(-c4cnc5cnc(C(F)(F)F)cn45)n3)C[C@H]12. The van der Waals surface area contributed by atoms with Crippen LogP contribution in [0.15, 0.2) is 30.9 Å². The van der Waals surface area contributed by atoms with Crippen molar-refractivity contribution in [3.63, 3.8) is 0 Å². The molecule has 1 N–H and O–H groups in total. The van der Waals surface area contributed by atoms with Gasteiger partial charge in [0.05, 0.1) is 18.3 Å². The maximum absolute atomic E-state index is 13.0. The molecule has 8 nitrogen and oxygen atoms in total. The summed E-state index contributed by atoms with van der Waals surface area (Å²) < 4.78 is 40.4. The molecule has 0 spiro atoms. The number of piperidine rings is 1. The normalized spacial score (nSPS) is 22.0. The van der Waals surface area contributed by atoms with Gasteiger partial charge in [0.2, 0.25) is 5.91 Å². The zero-order valence-corrected chi connectivity index (χ0v) is 15.1. The van der Waals surface area contributed by atoms with Gasteiger partial charge in [0, 0.05) is 32.0 Å². The molecule has 11 heteroatoms. The highest BCUT2D eigenvalue weighted by Crippen LogP contribution is 2.31. The van der Waals surface area contributed by atoms with Gasteiger partial charge in [0.25, 0.3) is 0 Å². The van der Waals surface area contributed by atoms with Crippen molar-refractivity contribution in [3.05, 3.63) is 36.5 Å². The van der Waals surface area contributed by atoms with E-state index < -0.39 is 11.9 Å². The monoisotopic (exact) mass is 403 g/mol. The van der Waals surface area contributed by atoms with Crippen LogP contribution in [0.2, 0.25) is 0 Å². The van der Waals surface area contributed by atoms with E-state index in [-0.39, 0.29) is 23.3 Å². The lowest BCUT2D eigenvalue weighted by molar-refractivity contribution is -0.141. The molecule has 29 heavy (non-hydrogen) atoms. The van der Waals surface area contributed by atoms with E-state index in [1.807, 2.05) is 4.90 Å². The summed E-state index contributed by atoms with van der Waals surface area (Å²) in [5.41, 5.74) is -0.414. The number of alkyl halides is 3. The first-order valence-corrected chi connectivity index (χ1v) is 9.16. The zero-order chi connectivity index (χ0) is 20.2. The number of hydrogen-bond acceptors (Lipinski definition) is 6. The second kappa shape index (κ2) is 6.39. The van der Waals surface area contributed by atoms with Gasteiger partial charge in [0.1, 0.15) is 11.5 Å². The standard InChI is InChI=1S/C18H16F3N7O/c19-18(20,21)13-9-28-12(6-24-15(28)7-23-13)16-22-3-1-14(26-16)27-4-2-10-5-25-17(29)11(10)8-27/h1,3,6-7,9-11H,2,4-5,8H2,(H,25,29)/t10-,11-/m0/s1. The van der Waals surface area contributed by atoms with Crippen LogP contribution in [0.25, 0.3) is 17.2 Å². The van der Waals surface area contributed by atoms with Crippen LogP contribution in [0.3, 0.4) is 0 Å². The third-order valence-electron chi connectivity index (χ3n) is 5.51. The minimum absolute atomic E-state index is 0.0583. The average Bonchev–Trinajstić information content (AvgIpc) is 3.30. The van der Waals surface area contributed by atoms with Gasteiger partial charge >= 0.3 is 6.18 Å². The van der Waals surface area contributed by atoms with Crippen LogP contribution in [-0.2, 0) is 11.0 Å². The molecule has 0 aliphatic carbocycles. The number of fused-ring (bicyclic) bond motifs is 2. The fourth-order valence-corrected chi connectivity index (χ4v) is 3.96. The highest BCUT2D eigenvalue weighted by Gasteiger charge is 2.39. The molecule has 2 fully saturated rings. The van der Waals surface area contributed by atoms with E-state index in [9.17, 15) is 18.0 Å². The molecule has 0 radical (unpaired) electrons. The van der Waals surface area contributed by atoms with Gasteiger partial charge in [-0.3, -0.25) is 9.20 Å². The number of carbonyl (C=O) groups is 1. The molecule has 2 aliphatic rings. The first-order chi connectivity index (χ1) is 13.9. The van der Waals surface area contributed by atoms with Crippen LogP contribution >= 0.6 is 0 Å². The van der Waals surface area contributed by atoms with Gasteiger partial charge in [-0.05, 0) is 18.4 Å². The molecule has 3 aromatic heterocycles. The first kappa shape index (κ1) is 17.8. The molecule has 1 amide bonds. The van der Waals surface area contributed by atoms with Crippen molar-refractivity contribution in [1.82, 2.24) is 29.7 Å². The Balaban J connectivity index is 1.49. The largest absolute Gasteiger partial charge is 0.434 e. The number of aromatic nitrogens is 5. The van der Waals surface area contributed by atoms with Crippen LogP contribution in [0.1, 0.15) is 12.1 Å². The minimum atomic E-state index is -4.56. The Hall–Kier alpha value is -3.24. The zero-order valence-electron chi connectivity index (χ0n) is 15.1. The van der Waals surface area contributed by atoms with E-state index >= 15 is 0 Å². The van der Waals surface area contributed by atoms with E-state index in [0.29, 0.717) is 30.5 Å². The first-order valence-electron chi connectivity index (χ1n) is 9.16. The highest BCUT2D eigenvalue weighted by atomic mass is 19.4. The third kappa shape index (κ3) is 3.06. The number of carbonyl (C=O) groups excluding carboxylic acids is 1. The molecule has 2 saturated heterocycles. The molecule has 0 unspecified atom stereocenters. The summed E-state index contributed by atoms with van der Waals surface area (Å²) in [7, 11) is 0. The summed E-state index contributed by atoms with van der Waals surface area (Å²) in [4.78, 5) is 30.3. The molecular formula is C18H16F3N7O. The maximum atomic E-state index is 13.0. The van der Waals surface area contributed by atoms with E-state index in [1.54, 1.807) is 12.3 Å². The number of anilines is 1. The Morgan fingerprint density at radius 2 is 2.03 bits per heavy atom. The number of amides is 1. The molecule has 5 rings (SSSR count). The van der Waals surface area contributed by atoms with Crippen molar-refractivity contribution >= 4 is 17.4 Å². The lowest BCUT2D eigenvalue weighted by Crippen LogP contribution is -2.41. The smallest absolute Gasteiger partial charge is 0.356 e. The minimum Gasteiger partial charge on any atom is -0.356 e. The van der Waals surface area contributed by atoms with E-state index in [1.165, 1.54) is 10.6 Å². The Labute approximate surface area is 162 Å². The lowest BCUT2D eigenvalue weighted by Gasteiger charge is -2.34. The summed E-state index contributed by atoms with van der Waals surface area (Å²) in [6, 6.07) is 1.74. The summed E-state index contributed by atoms with van der Waals surface area (Å²) in [6.45, 7) is 2.02. The van der Waals surface area contributed by atoms with Gasteiger partial charge < -0.3 is 10.2 Å². The van der Waals surface area contributed by atoms with Crippen molar-refractivity contribution in [1.29, 1.82) is 0 Å². The molecule has 3 aromatic rings. The second-order valence-corrected chi connectivity index (χ2v) is 7.23. The summed E-state index contributed by atoms with van der Waals surface area (Å²) in [5.74, 6) is 1.22. The van der Waals surface area contributed by atoms with Gasteiger partial charge in [-0.15, -0.1) is 0 Å². The van der Waals surface area contributed by atoms with E-state index in [4.69, 9.17) is 0 Å². The predicted octanol–water partition coefficient (Wildman–Crippen LogP) is 1.78. The fraction of sp³-hybridized carbons (Fsp3) is 0.389. The van der Waals surface area contributed by atoms with Crippen molar-refractivity contribution in [3.8, 4) is 11.5 Å². The van der Waals surface area contributed by atoms with Crippen LogP contribution in [0, 0.1) is 11.8 Å². The number of halogens is 3. The number of nitrogens with one attached hydrogen (secondary N) is 1. The maximum Gasteiger partial charge on any atom is 0.434 e. The van der Waals surface area contributed by atoms with Gasteiger partial charge in [-0.1, -0.05) is 0 Å². The molecular weight excluding hydrogens is 387 g/mol. The summed E-state index contributed by atoms with van der Waals surface area (Å²) in [5, 5.41) is 2.90. The molecule has 5 heterocycles. The predicted molar refractivity (Wildman–Crippen MR) is 95.8 cm³/mol. The molecule has 2 aliphatic heterocycles. The number of imidazole rings is 1. The van der Waals surface area contributed by atoms with E-state index in [0.717, 1.165) is 25.4 Å². The molecule has 0 aromatic carbocycles. The summed E-state index contributed by atoms with van der Waals surface area (Å²) in [6.07, 6.45) is 1.25. The average molecular weight is 403 g/mol. The Morgan fingerprint density at radius 1 is 1.17 bits per heavy atom. The van der Waals surface area contributed by atoms with Crippen molar-refractivity contribution < 1.29 is 18.0 Å². The van der Waals surface area contributed by atoms with Gasteiger partial charge in [-0.25, -0.2) is 19.9 Å². The van der Waals surface area contributed by atoms with Gasteiger partial charge in [0.15, 0.2) is 17.2 Å². The van der Waals surface area contributed by atoms with Crippen LogP contribution in [0.5, 0.6) is 0 Å². The Kier molecular flexibility index (Phi) is 3.93. The number of nitrogens with zero attached hydrogens (tertiary/aromatic N) is 6. The molecule has 0 bridgehead atoms. The van der Waals surface area contributed by atoms with E-state index in [2.05, 4.69) is 25.3 Å². The molecule has 150 valence electrons. The summed E-state index contributed by atoms with van der Waals surface area (Å²) >= 11 is 0. The topological polar surface area (TPSA) is 88.3 Å². The van der Waals surface area contributed by atoms with Gasteiger partial charge in [-0.2, -0.15) is 13.2 Å². The van der Waals surface area contributed by atoms with Crippen LogP contribution in [-0.4, -0.2) is 49.9 Å². The quantitative estimate of drug-likeness (QED) is 0.702. The van der Waals surface area contributed by atoms with Crippen molar-refractivity contribution in [2.24, 2.45) is 11.8 Å². The Morgan fingerprint density at radius 3 is 2.86 bits per heavy atom. The number of hydrogen-bond donors (Lipinski definition) is 1.